The molecular weight excluding hydrogens is 252 g/mol. The number of nitrogens with zero attached hydrogens (tertiary/aromatic N) is 2. The van der Waals surface area contributed by atoms with Crippen molar-refractivity contribution in [3.05, 3.63) is 35.5 Å². The monoisotopic (exact) mass is 270 g/mol. The summed E-state index contributed by atoms with van der Waals surface area (Å²) in [6.07, 6.45) is 2.85. The van der Waals surface area contributed by atoms with E-state index >= 15 is 0 Å². The topological polar surface area (TPSA) is 42.4 Å². The Kier molecular flexibility index (Phi) is 3.30. The van der Waals surface area contributed by atoms with Crippen molar-refractivity contribution in [2.45, 2.75) is 20.3 Å². The largest absolute Gasteiger partial charge is 0.462 e. The third kappa shape index (κ3) is 2.22. The predicted octanol–water partition coefficient (Wildman–Crippen LogP) is 2.93. The molecule has 0 aliphatic carbocycles. The molecular formula is C16H18N2O2. The number of esters is 1. The summed E-state index contributed by atoms with van der Waals surface area (Å²) in [5.74, 6) is -0.314. The van der Waals surface area contributed by atoms with Gasteiger partial charge in [0.15, 0.2) is 0 Å². The molecule has 1 aromatic heterocycles. The molecule has 1 saturated heterocycles. The quantitative estimate of drug-likeness (QED) is 0.804. The van der Waals surface area contributed by atoms with Crippen molar-refractivity contribution in [2.75, 3.05) is 24.6 Å². The lowest BCUT2D eigenvalue weighted by molar-refractivity contribution is 0.0526. The van der Waals surface area contributed by atoms with E-state index in [2.05, 4.69) is 28.9 Å². The number of anilines is 1. The maximum atomic E-state index is 11.7. The predicted molar refractivity (Wildman–Crippen MR) is 79.3 cm³/mol. The van der Waals surface area contributed by atoms with Gasteiger partial charge in [0.05, 0.1) is 17.7 Å². The van der Waals surface area contributed by atoms with Crippen LogP contribution in [0.5, 0.6) is 0 Å². The molecule has 1 aliphatic heterocycles. The smallest absolute Gasteiger partial charge is 0.339 e. The second-order valence-electron chi connectivity index (χ2n) is 5.12. The van der Waals surface area contributed by atoms with Crippen molar-refractivity contribution in [3.8, 4) is 0 Å². The highest BCUT2D eigenvalue weighted by Crippen LogP contribution is 2.29. The van der Waals surface area contributed by atoms with E-state index < -0.39 is 0 Å². The van der Waals surface area contributed by atoms with Gasteiger partial charge in [-0.1, -0.05) is 0 Å². The number of hydrogen-bond donors (Lipinski definition) is 0. The summed E-state index contributed by atoms with van der Waals surface area (Å²) in [6, 6.07) is 6.06. The molecule has 2 aromatic rings. The molecule has 3 rings (SSSR count). The Morgan fingerprint density at radius 3 is 2.80 bits per heavy atom. The van der Waals surface area contributed by atoms with Crippen molar-refractivity contribution in [1.29, 1.82) is 0 Å². The van der Waals surface area contributed by atoms with Gasteiger partial charge in [-0.15, -0.1) is 0 Å². The van der Waals surface area contributed by atoms with Crippen LogP contribution in [0.3, 0.4) is 0 Å². The molecule has 0 atom stereocenters. The summed E-state index contributed by atoms with van der Waals surface area (Å²) in [4.78, 5) is 18.5. The van der Waals surface area contributed by atoms with Gasteiger partial charge in [0.1, 0.15) is 0 Å². The fraction of sp³-hybridized carbons (Fsp3) is 0.375. The van der Waals surface area contributed by atoms with Crippen LogP contribution in [0.25, 0.3) is 10.9 Å². The molecule has 0 saturated carbocycles. The standard InChI is InChI=1S/C16H18N2O2/c1-3-20-16(19)13-8-12-7-11(2)15(18-5-4-6-18)9-14(12)17-10-13/h7-10H,3-6H2,1-2H3. The number of aromatic nitrogens is 1. The minimum Gasteiger partial charge on any atom is -0.462 e. The lowest BCUT2D eigenvalue weighted by Crippen LogP contribution is -2.37. The molecule has 1 fully saturated rings. The molecule has 2 heterocycles. The van der Waals surface area contributed by atoms with E-state index in [1.807, 2.05) is 6.07 Å². The van der Waals surface area contributed by atoms with Crippen LogP contribution < -0.4 is 4.90 Å². The summed E-state index contributed by atoms with van der Waals surface area (Å²) < 4.78 is 5.01. The molecule has 0 spiro atoms. The van der Waals surface area contributed by atoms with Crippen LogP contribution in [0, 0.1) is 6.92 Å². The maximum absolute atomic E-state index is 11.7. The van der Waals surface area contributed by atoms with Crippen molar-refractivity contribution in [1.82, 2.24) is 4.98 Å². The van der Waals surface area contributed by atoms with E-state index in [-0.39, 0.29) is 5.97 Å². The fourth-order valence-corrected chi connectivity index (χ4v) is 2.50. The van der Waals surface area contributed by atoms with Crippen LogP contribution in [-0.2, 0) is 4.74 Å². The first-order valence-corrected chi connectivity index (χ1v) is 7.01. The SMILES string of the molecule is CCOC(=O)c1cnc2cc(N3CCC3)c(C)cc2c1. The van der Waals surface area contributed by atoms with Gasteiger partial charge in [0, 0.05) is 30.4 Å². The lowest BCUT2D eigenvalue weighted by Gasteiger charge is -2.34. The zero-order valence-corrected chi connectivity index (χ0v) is 11.8. The van der Waals surface area contributed by atoms with Gasteiger partial charge in [-0.2, -0.15) is 0 Å². The Morgan fingerprint density at radius 1 is 1.35 bits per heavy atom. The van der Waals surface area contributed by atoms with Gasteiger partial charge in [-0.05, 0) is 44.0 Å². The second-order valence-corrected chi connectivity index (χ2v) is 5.12. The highest BCUT2D eigenvalue weighted by molar-refractivity contribution is 5.94. The molecule has 0 N–H and O–H groups in total. The number of benzene rings is 1. The van der Waals surface area contributed by atoms with Gasteiger partial charge >= 0.3 is 5.97 Å². The molecule has 1 aromatic carbocycles. The third-order valence-electron chi connectivity index (χ3n) is 3.71. The van der Waals surface area contributed by atoms with Gasteiger partial charge in [-0.3, -0.25) is 4.98 Å². The zero-order valence-electron chi connectivity index (χ0n) is 11.8. The summed E-state index contributed by atoms with van der Waals surface area (Å²) in [6.45, 7) is 6.52. The first kappa shape index (κ1) is 12.9. The van der Waals surface area contributed by atoms with E-state index in [1.165, 1.54) is 17.7 Å². The second kappa shape index (κ2) is 5.12. The Morgan fingerprint density at radius 2 is 2.15 bits per heavy atom. The number of pyridine rings is 1. The molecule has 4 nitrogen and oxygen atoms in total. The summed E-state index contributed by atoms with van der Waals surface area (Å²) in [5, 5.41) is 0.984. The molecule has 0 amide bonds. The maximum Gasteiger partial charge on any atom is 0.339 e. The van der Waals surface area contributed by atoms with Crippen LogP contribution in [-0.4, -0.2) is 30.6 Å². The van der Waals surface area contributed by atoms with E-state index in [9.17, 15) is 4.79 Å². The first-order chi connectivity index (χ1) is 9.69. The molecule has 104 valence electrons. The normalized spacial score (nSPS) is 14.2. The van der Waals surface area contributed by atoms with Crippen LogP contribution in [0.4, 0.5) is 5.69 Å². The van der Waals surface area contributed by atoms with Crippen LogP contribution in [0.15, 0.2) is 24.4 Å². The van der Waals surface area contributed by atoms with E-state index in [0.717, 1.165) is 24.0 Å². The molecule has 20 heavy (non-hydrogen) atoms. The lowest BCUT2D eigenvalue weighted by atomic mass is 10.0. The van der Waals surface area contributed by atoms with Crippen molar-refractivity contribution < 1.29 is 9.53 Å². The number of fused-ring (bicyclic) bond motifs is 1. The zero-order chi connectivity index (χ0) is 14.1. The average molecular weight is 270 g/mol. The van der Waals surface area contributed by atoms with Crippen LogP contribution in [0.2, 0.25) is 0 Å². The Labute approximate surface area is 118 Å². The summed E-state index contributed by atoms with van der Waals surface area (Å²) in [5.41, 5.74) is 3.90. The van der Waals surface area contributed by atoms with Crippen LogP contribution >= 0.6 is 0 Å². The minimum absolute atomic E-state index is 0.314. The minimum atomic E-state index is -0.314. The molecule has 4 heteroatoms. The molecule has 0 unspecified atom stereocenters. The number of hydrogen-bond acceptors (Lipinski definition) is 4. The Hall–Kier alpha value is -2.10. The molecule has 0 radical (unpaired) electrons. The van der Waals surface area contributed by atoms with Gasteiger partial charge < -0.3 is 9.64 Å². The number of rotatable bonds is 3. The number of carbonyl (C=O) groups excluding carboxylic acids is 1. The highest BCUT2D eigenvalue weighted by atomic mass is 16.5. The van der Waals surface area contributed by atoms with Crippen LogP contribution in [0.1, 0.15) is 29.3 Å². The van der Waals surface area contributed by atoms with Gasteiger partial charge in [0.2, 0.25) is 0 Å². The number of carbonyl (C=O) groups is 1. The third-order valence-corrected chi connectivity index (χ3v) is 3.71. The summed E-state index contributed by atoms with van der Waals surface area (Å²) >= 11 is 0. The highest BCUT2D eigenvalue weighted by Gasteiger charge is 2.17. The number of aryl methyl sites for hydroxylation is 1. The Bertz CT molecular complexity index is 663. The average Bonchev–Trinajstić information content (AvgIpc) is 2.37. The van der Waals surface area contributed by atoms with Crippen molar-refractivity contribution in [3.63, 3.8) is 0 Å². The van der Waals surface area contributed by atoms with Crippen molar-refractivity contribution in [2.24, 2.45) is 0 Å². The molecule has 0 bridgehead atoms. The van der Waals surface area contributed by atoms with E-state index in [4.69, 9.17) is 4.74 Å². The van der Waals surface area contributed by atoms with E-state index in [1.54, 1.807) is 13.1 Å². The first-order valence-electron chi connectivity index (χ1n) is 7.01. The van der Waals surface area contributed by atoms with Gasteiger partial charge in [-0.25, -0.2) is 4.79 Å². The van der Waals surface area contributed by atoms with Crippen molar-refractivity contribution >= 4 is 22.6 Å². The summed E-state index contributed by atoms with van der Waals surface area (Å²) in [7, 11) is 0. The van der Waals surface area contributed by atoms with Gasteiger partial charge in [0.25, 0.3) is 0 Å². The molecule has 1 aliphatic rings. The number of ether oxygens (including phenoxy) is 1. The fourth-order valence-electron chi connectivity index (χ4n) is 2.50. The van der Waals surface area contributed by atoms with E-state index in [0.29, 0.717) is 12.2 Å². The Balaban J connectivity index is 2.00.